The molecule has 2 aromatic rings. The minimum atomic E-state index is -0.380. The summed E-state index contributed by atoms with van der Waals surface area (Å²) in [5.41, 5.74) is 6.06. The summed E-state index contributed by atoms with van der Waals surface area (Å²) >= 11 is 8.62. The van der Waals surface area contributed by atoms with Crippen LogP contribution in [0.4, 0.5) is 10.1 Å². The molecule has 0 aliphatic carbocycles. The van der Waals surface area contributed by atoms with E-state index in [9.17, 15) is 9.18 Å². The van der Waals surface area contributed by atoms with Gasteiger partial charge in [0.2, 0.25) is 5.91 Å². The van der Waals surface area contributed by atoms with Crippen molar-refractivity contribution in [1.82, 2.24) is 4.90 Å². The molecule has 0 aliphatic heterocycles. The predicted molar refractivity (Wildman–Crippen MR) is 87.3 cm³/mol. The Labute approximate surface area is 135 Å². The minimum Gasteiger partial charge on any atom is -0.398 e. The van der Waals surface area contributed by atoms with E-state index in [1.807, 2.05) is 12.1 Å². The quantitative estimate of drug-likeness (QED) is 0.661. The second kappa shape index (κ2) is 7.15. The summed E-state index contributed by atoms with van der Waals surface area (Å²) < 4.78 is 13.7. The van der Waals surface area contributed by atoms with Gasteiger partial charge in [0.05, 0.1) is 16.6 Å². The number of thiophene rings is 1. The van der Waals surface area contributed by atoms with E-state index in [0.29, 0.717) is 21.5 Å². The third kappa shape index (κ3) is 4.62. The molecule has 2 N–H and O–H groups in total. The van der Waals surface area contributed by atoms with Crippen molar-refractivity contribution >= 4 is 46.3 Å². The van der Waals surface area contributed by atoms with Crippen LogP contribution in [-0.2, 0) is 11.3 Å². The highest BCUT2D eigenvalue weighted by atomic mass is 35.5. The number of halogens is 2. The van der Waals surface area contributed by atoms with Gasteiger partial charge in [0.15, 0.2) is 0 Å². The number of thioether (sulfide) groups is 1. The molecule has 21 heavy (non-hydrogen) atoms. The second-order valence-electron chi connectivity index (χ2n) is 4.43. The predicted octanol–water partition coefficient (Wildman–Crippen LogP) is 3.87. The number of nitrogens with two attached hydrogens (primary N) is 1. The zero-order valence-electron chi connectivity index (χ0n) is 11.3. The molecule has 112 valence electrons. The maximum Gasteiger partial charge on any atom is 0.233 e. The largest absolute Gasteiger partial charge is 0.398 e. The number of benzene rings is 1. The molecular weight excluding hydrogens is 331 g/mol. The number of carbonyl (C=O) groups is 1. The van der Waals surface area contributed by atoms with Gasteiger partial charge in [-0.05, 0) is 30.3 Å². The summed E-state index contributed by atoms with van der Waals surface area (Å²) in [4.78, 5) is 15.4. The molecule has 0 radical (unpaired) electrons. The van der Waals surface area contributed by atoms with Crippen molar-refractivity contribution < 1.29 is 9.18 Å². The van der Waals surface area contributed by atoms with E-state index in [-0.39, 0.29) is 17.5 Å². The van der Waals surface area contributed by atoms with E-state index in [1.165, 1.54) is 35.2 Å². The van der Waals surface area contributed by atoms with Crippen LogP contribution in [0.2, 0.25) is 4.34 Å². The normalized spacial score (nSPS) is 10.6. The molecule has 0 aliphatic rings. The summed E-state index contributed by atoms with van der Waals surface area (Å²) in [7, 11) is 1.74. The minimum absolute atomic E-state index is 0.0201. The highest BCUT2D eigenvalue weighted by Crippen LogP contribution is 2.26. The van der Waals surface area contributed by atoms with Gasteiger partial charge in [-0.25, -0.2) is 4.39 Å². The average molecular weight is 345 g/mol. The first kappa shape index (κ1) is 16.1. The van der Waals surface area contributed by atoms with Gasteiger partial charge in [0, 0.05) is 22.5 Å². The average Bonchev–Trinajstić information content (AvgIpc) is 2.82. The number of nitrogen functional groups attached to an aromatic ring is 1. The molecule has 7 heteroatoms. The van der Waals surface area contributed by atoms with E-state index in [2.05, 4.69) is 0 Å². The second-order valence-corrected chi connectivity index (χ2v) is 7.24. The van der Waals surface area contributed by atoms with Crippen LogP contribution in [-0.4, -0.2) is 23.6 Å². The van der Waals surface area contributed by atoms with Crippen LogP contribution in [0.25, 0.3) is 0 Å². The van der Waals surface area contributed by atoms with Crippen LogP contribution in [0.5, 0.6) is 0 Å². The van der Waals surface area contributed by atoms with Crippen LogP contribution >= 0.6 is 34.7 Å². The van der Waals surface area contributed by atoms with Crippen LogP contribution in [0.15, 0.2) is 35.2 Å². The number of nitrogens with zero attached hydrogens (tertiary/aromatic N) is 1. The molecule has 1 amide bonds. The number of hydrogen-bond acceptors (Lipinski definition) is 4. The molecular formula is C14H14ClFN2OS2. The Bertz CT molecular complexity index is 648. The molecule has 0 saturated heterocycles. The monoisotopic (exact) mass is 344 g/mol. The molecule has 0 bridgehead atoms. The SMILES string of the molecule is CN(Cc1ccc(Cl)s1)C(=O)CSc1ccc(F)cc1N. The van der Waals surface area contributed by atoms with Crippen molar-refractivity contribution in [3.8, 4) is 0 Å². The van der Waals surface area contributed by atoms with E-state index in [0.717, 1.165) is 4.88 Å². The molecule has 1 heterocycles. The Morgan fingerprint density at radius 2 is 2.19 bits per heavy atom. The topological polar surface area (TPSA) is 46.3 Å². The first-order chi connectivity index (χ1) is 9.95. The highest BCUT2D eigenvalue weighted by molar-refractivity contribution is 8.00. The third-order valence-corrected chi connectivity index (χ3v) is 5.06. The zero-order valence-corrected chi connectivity index (χ0v) is 13.7. The van der Waals surface area contributed by atoms with E-state index >= 15 is 0 Å². The number of anilines is 1. The fourth-order valence-electron chi connectivity index (χ4n) is 1.66. The van der Waals surface area contributed by atoms with E-state index in [1.54, 1.807) is 18.0 Å². The Morgan fingerprint density at radius 3 is 2.81 bits per heavy atom. The first-order valence-corrected chi connectivity index (χ1v) is 8.29. The number of carbonyl (C=O) groups excluding carboxylic acids is 1. The molecule has 0 fully saturated rings. The van der Waals surface area contributed by atoms with Gasteiger partial charge < -0.3 is 10.6 Å². The standard InChI is InChI=1S/C14H14ClFN2OS2/c1-18(7-10-3-5-13(15)21-10)14(19)8-20-12-4-2-9(16)6-11(12)17/h2-6H,7-8,17H2,1H3. The van der Waals surface area contributed by atoms with Gasteiger partial charge in [-0.1, -0.05) is 11.6 Å². The summed E-state index contributed by atoms with van der Waals surface area (Å²) in [6.45, 7) is 0.523. The number of amides is 1. The number of hydrogen-bond donors (Lipinski definition) is 1. The van der Waals surface area contributed by atoms with Crippen molar-refractivity contribution in [3.63, 3.8) is 0 Å². The number of rotatable bonds is 5. The van der Waals surface area contributed by atoms with Gasteiger partial charge >= 0.3 is 0 Å². The van der Waals surface area contributed by atoms with Crippen molar-refractivity contribution in [2.24, 2.45) is 0 Å². The van der Waals surface area contributed by atoms with Gasteiger partial charge in [0.1, 0.15) is 5.82 Å². The smallest absolute Gasteiger partial charge is 0.233 e. The fraction of sp³-hybridized carbons (Fsp3) is 0.214. The summed E-state index contributed by atoms with van der Waals surface area (Å²) in [5.74, 6) is -0.144. The van der Waals surface area contributed by atoms with Gasteiger partial charge in [-0.3, -0.25) is 4.79 Å². The van der Waals surface area contributed by atoms with Crippen LogP contribution in [0, 0.1) is 5.82 Å². The molecule has 0 atom stereocenters. The Balaban J connectivity index is 1.89. The van der Waals surface area contributed by atoms with Crippen molar-refractivity contribution in [2.75, 3.05) is 18.5 Å². The van der Waals surface area contributed by atoms with Gasteiger partial charge in [-0.15, -0.1) is 23.1 Å². The molecule has 1 aromatic heterocycles. The molecule has 0 unspecified atom stereocenters. The maximum absolute atomic E-state index is 12.9. The van der Waals surface area contributed by atoms with Crippen molar-refractivity contribution in [1.29, 1.82) is 0 Å². The van der Waals surface area contributed by atoms with Gasteiger partial charge in [-0.2, -0.15) is 0 Å². The lowest BCUT2D eigenvalue weighted by Gasteiger charge is -2.16. The molecule has 2 rings (SSSR count). The lowest BCUT2D eigenvalue weighted by molar-refractivity contribution is -0.127. The first-order valence-electron chi connectivity index (χ1n) is 6.11. The molecule has 3 nitrogen and oxygen atoms in total. The maximum atomic E-state index is 12.9. The molecule has 0 saturated carbocycles. The zero-order chi connectivity index (χ0) is 15.4. The van der Waals surface area contributed by atoms with Crippen LogP contribution in [0.1, 0.15) is 4.88 Å². The Hall–Kier alpha value is -1.24. The lowest BCUT2D eigenvalue weighted by atomic mass is 10.3. The summed E-state index contributed by atoms with van der Waals surface area (Å²) in [5, 5.41) is 0. The van der Waals surface area contributed by atoms with E-state index in [4.69, 9.17) is 17.3 Å². The molecule has 0 spiro atoms. The van der Waals surface area contributed by atoms with Crippen LogP contribution < -0.4 is 5.73 Å². The fourth-order valence-corrected chi connectivity index (χ4v) is 3.69. The van der Waals surface area contributed by atoms with Crippen molar-refractivity contribution in [3.05, 3.63) is 45.4 Å². The Morgan fingerprint density at radius 1 is 1.43 bits per heavy atom. The molecule has 1 aromatic carbocycles. The van der Waals surface area contributed by atoms with Crippen LogP contribution in [0.3, 0.4) is 0 Å². The lowest BCUT2D eigenvalue weighted by Crippen LogP contribution is -2.27. The van der Waals surface area contributed by atoms with Crippen molar-refractivity contribution in [2.45, 2.75) is 11.4 Å². The highest BCUT2D eigenvalue weighted by Gasteiger charge is 2.12. The Kier molecular flexibility index (Phi) is 5.50. The summed E-state index contributed by atoms with van der Waals surface area (Å²) in [6.07, 6.45) is 0. The van der Waals surface area contributed by atoms with E-state index < -0.39 is 0 Å². The summed E-state index contributed by atoms with van der Waals surface area (Å²) in [6, 6.07) is 7.89. The third-order valence-electron chi connectivity index (χ3n) is 2.77. The van der Waals surface area contributed by atoms with Gasteiger partial charge in [0.25, 0.3) is 0 Å².